The third-order valence-corrected chi connectivity index (χ3v) is 1.73. The van der Waals surface area contributed by atoms with Crippen molar-refractivity contribution < 1.29 is 9.53 Å². The molecule has 1 aromatic heterocycles. The molecule has 1 aromatic rings. The molecule has 0 radical (unpaired) electrons. The largest absolute Gasteiger partial charge is 0.469 e. The molecule has 0 bridgehead atoms. The predicted molar refractivity (Wildman–Crippen MR) is 47.8 cm³/mol. The summed E-state index contributed by atoms with van der Waals surface area (Å²) >= 11 is 0. The average molecular weight is 180 g/mol. The maximum absolute atomic E-state index is 10.9. The highest BCUT2D eigenvalue weighted by atomic mass is 16.5. The molecule has 4 nitrogen and oxygen atoms in total. The van der Waals surface area contributed by atoms with Gasteiger partial charge in [-0.15, -0.1) is 0 Å². The van der Waals surface area contributed by atoms with E-state index in [9.17, 15) is 4.79 Å². The van der Waals surface area contributed by atoms with Gasteiger partial charge in [0.1, 0.15) is 0 Å². The molecule has 0 aromatic carbocycles. The number of aromatic nitrogens is 1. The average Bonchev–Trinajstić information content (AvgIpc) is 2.19. The van der Waals surface area contributed by atoms with Gasteiger partial charge in [0, 0.05) is 18.4 Å². The number of rotatable bonds is 3. The molecule has 0 aliphatic heterocycles. The van der Waals surface area contributed by atoms with Crippen molar-refractivity contribution in [3.63, 3.8) is 0 Å². The van der Waals surface area contributed by atoms with Gasteiger partial charge in [0.15, 0.2) is 0 Å². The number of nitrogens with two attached hydrogens (primary N) is 1. The molecule has 70 valence electrons. The van der Waals surface area contributed by atoms with E-state index < -0.39 is 0 Å². The highest BCUT2D eigenvalue weighted by Crippen LogP contribution is 2.12. The minimum absolute atomic E-state index is 0.183. The first-order valence-corrected chi connectivity index (χ1v) is 3.96. The van der Waals surface area contributed by atoms with E-state index in [0.29, 0.717) is 0 Å². The fourth-order valence-electron chi connectivity index (χ4n) is 0.976. The quantitative estimate of drug-likeness (QED) is 0.693. The molecule has 0 spiro atoms. The number of hydrogen-bond acceptors (Lipinski definition) is 4. The Kier molecular flexibility index (Phi) is 3.40. The predicted octanol–water partition coefficient (Wildman–Crippen LogP) is 0.644. The summed E-state index contributed by atoms with van der Waals surface area (Å²) in [5, 5.41) is 0. The summed E-state index contributed by atoms with van der Waals surface area (Å²) in [5.41, 5.74) is 6.57. The van der Waals surface area contributed by atoms with Crippen LogP contribution in [0.5, 0.6) is 0 Å². The zero-order valence-electron chi connectivity index (χ0n) is 7.43. The lowest BCUT2D eigenvalue weighted by Gasteiger charge is -2.08. The van der Waals surface area contributed by atoms with Crippen LogP contribution in [0, 0.1) is 0 Å². The molecule has 0 aliphatic rings. The number of ether oxygens (including phenoxy) is 1. The first kappa shape index (κ1) is 9.67. The van der Waals surface area contributed by atoms with Gasteiger partial charge in [0.2, 0.25) is 0 Å². The standard InChI is InChI=1S/C9H12N2O2/c1-13-9(12)5-8(10)7-3-2-4-11-6-7/h2-4,6,8H,5,10H2,1H3/t8-/m1/s1. The van der Waals surface area contributed by atoms with Crippen LogP contribution in [0.4, 0.5) is 0 Å². The summed E-state index contributed by atoms with van der Waals surface area (Å²) < 4.78 is 4.50. The molecule has 0 amide bonds. The maximum Gasteiger partial charge on any atom is 0.307 e. The fourth-order valence-corrected chi connectivity index (χ4v) is 0.976. The van der Waals surface area contributed by atoms with Crippen LogP contribution in [0.1, 0.15) is 18.0 Å². The van der Waals surface area contributed by atoms with Gasteiger partial charge in [-0.2, -0.15) is 0 Å². The Morgan fingerprint density at radius 3 is 3.08 bits per heavy atom. The number of carbonyl (C=O) groups is 1. The van der Waals surface area contributed by atoms with Crippen molar-refractivity contribution in [1.82, 2.24) is 4.98 Å². The molecule has 0 unspecified atom stereocenters. The van der Waals surface area contributed by atoms with Crippen LogP contribution >= 0.6 is 0 Å². The van der Waals surface area contributed by atoms with Crippen molar-refractivity contribution >= 4 is 5.97 Å². The molecule has 1 atom stereocenters. The highest BCUT2D eigenvalue weighted by molar-refractivity contribution is 5.70. The van der Waals surface area contributed by atoms with Crippen LogP contribution in [0.15, 0.2) is 24.5 Å². The summed E-state index contributed by atoms with van der Waals surface area (Å²) in [6.45, 7) is 0. The van der Waals surface area contributed by atoms with E-state index in [2.05, 4.69) is 9.72 Å². The zero-order chi connectivity index (χ0) is 9.68. The highest BCUT2D eigenvalue weighted by Gasteiger charge is 2.11. The van der Waals surface area contributed by atoms with Gasteiger partial charge in [0.25, 0.3) is 0 Å². The maximum atomic E-state index is 10.9. The molecule has 4 heteroatoms. The van der Waals surface area contributed by atoms with Gasteiger partial charge in [0.05, 0.1) is 13.5 Å². The summed E-state index contributed by atoms with van der Waals surface area (Å²) in [6.07, 6.45) is 3.49. The molecule has 1 rings (SSSR count). The molecule has 0 saturated heterocycles. The van der Waals surface area contributed by atoms with Crippen LogP contribution in [0.2, 0.25) is 0 Å². The molecule has 2 N–H and O–H groups in total. The first-order valence-electron chi connectivity index (χ1n) is 3.96. The number of hydrogen-bond donors (Lipinski definition) is 1. The Morgan fingerprint density at radius 1 is 1.77 bits per heavy atom. The first-order chi connectivity index (χ1) is 6.24. The molecule has 0 aliphatic carbocycles. The second-order valence-electron chi connectivity index (χ2n) is 2.67. The number of methoxy groups -OCH3 is 1. The van der Waals surface area contributed by atoms with Crippen LogP contribution in [0.25, 0.3) is 0 Å². The summed E-state index contributed by atoms with van der Waals surface area (Å²) in [4.78, 5) is 14.8. The second kappa shape index (κ2) is 4.57. The summed E-state index contributed by atoms with van der Waals surface area (Å²) in [5.74, 6) is -0.309. The van der Waals surface area contributed by atoms with Crippen molar-refractivity contribution in [1.29, 1.82) is 0 Å². The third kappa shape index (κ3) is 2.83. The Bertz CT molecular complexity index is 274. The topological polar surface area (TPSA) is 65.2 Å². The third-order valence-electron chi connectivity index (χ3n) is 1.73. The number of esters is 1. The van der Waals surface area contributed by atoms with Crippen LogP contribution < -0.4 is 5.73 Å². The Balaban J connectivity index is 2.59. The molecule has 0 saturated carbocycles. The van der Waals surface area contributed by atoms with Gasteiger partial charge in [-0.1, -0.05) is 6.07 Å². The monoisotopic (exact) mass is 180 g/mol. The molecular weight excluding hydrogens is 168 g/mol. The van der Waals surface area contributed by atoms with E-state index in [1.807, 2.05) is 6.07 Å². The number of carbonyl (C=O) groups excluding carboxylic acids is 1. The van der Waals surface area contributed by atoms with E-state index >= 15 is 0 Å². The van der Waals surface area contributed by atoms with Gasteiger partial charge in [-0.25, -0.2) is 0 Å². The molecular formula is C9H12N2O2. The lowest BCUT2D eigenvalue weighted by atomic mass is 10.1. The van der Waals surface area contributed by atoms with Crippen molar-refractivity contribution in [2.24, 2.45) is 5.73 Å². The Morgan fingerprint density at radius 2 is 2.54 bits per heavy atom. The Hall–Kier alpha value is -1.42. The Labute approximate surface area is 76.7 Å². The summed E-state index contributed by atoms with van der Waals surface area (Å²) in [7, 11) is 1.35. The lowest BCUT2D eigenvalue weighted by Crippen LogP contribution is -2.16. The number of pyridine rings is 1. The molecule has 0 fully saturated rings. The second-order valence-corrected chi connectivity index (χ2v) is 2.67. The zero-order valence-corrected chi connectivity index (χ0v) is 7.43. The van der Waals surface area contributed by atoms with Crippen molar-refractivity contribution in [2.75, 3.05) is 7.11 Å². The van der Waals surface area contributed by atoms with Crippen LogP contribution in [-0.2, 0) is 9.53 Å². The van der Waals surface area contributed by atoms with E-state index in [1.54, 1.807) is 18.5 Å². The van der Waals surface area contributed by atoms with Gasteiger partial charge in [-0.3, -0.25) is 9.78 Å². The van der Waals surface area contributed by atoms with E-state index in [-0.39, 0.29) is 18.4 Å². The van der Waals surface area contributed by atoms with Gasteiger partial charge >= 0.3 is 5.97 Å². The van der Waals surface area contributed by atoms with Gasteiger partial charge in [-0.05, 0) is 11.6 Å². The summed E-state index contributed by atoms with van der Waals surface area (Å²) in [6, 6.07) is 3.29. The fraction of sp³-hybridized carbons (Fsp3) is 0.333. The van der Waals surface area contributed by atoms with Crippen molar-refractivity contribution in [3.05, 3.63) is 30.1 Å². The SMILES string of the molecule is COC(=O)C[C@@H](N)c1cccnc1. The van der Waals surface area contributed by atoms with E-state index in [1.165, 1.54) is 7.11 Å². The minimum atomic E-state index is -0.332. The molecule has 1 heterocycles. The van der Waals surface area contributed by atoms with Crippen LogP contribution in [0.3, 0.4) is 0 Å². The van der Waals surface area contributed by atoms with Crippen molar-refractivity contribution in [3.8, 4) is 0 Å². The smallest absolute Gasteiger partial charge is 0.307 e. The lowest BCUT2D eigenvalue weighted by molar-refractivity contribution is -0.141. The van der Waals surface area contributed by atoms with Crippen LogP contribution in [-0.4, -0.2) is 18.1 Å². The normalized spacial score (nSPS) is 12.2. The van der Waals surface area contributed by atoms with Gasteiger partial charge < -0.3 is 10.5 Å². The van der Waals surface area contributed by atoms with E-state index in [0.717, 1.165) is 5.56 Å². The number of nitrogens with zero attached hydrogens (tertiary/aromatic N) is 1. The van der Waals surface area contributed by atoms with Crippen molar-refractivity contribution in [2.45, 2.75) is 12.5 Å². The van der Waals surface area contributed by atoms with E-state index in [4.69, 9.17) is 5.73 Å². The molecule has 13 heavy (non-hydrogen) atoms. The minimum Gasteiger partial charge on any atom is -0.469 e.